The largest absolute Gasteiger partial charge is 0.355 e. The summed E-state index contributed by atoms with van der Waals surface area (Å²) in [6.45, 7) is 7.16. The van der Waals surface area contributed by atoms with Crippen molar-refractivity contribution in [3.05, 3.63) is 18.1 Å². The molecule has 82 valence electrons. The fourth-order valence-corrected chi connectivity index (χ4v) is 1.92. The molecule has 0 amide bonds. The number of nitrogens with two attached hydrogens (primary N) is 1. The van der Waals surface area contributed by atoms with Crippen molar-refractivity contribution in [1.82, 2.24) is 9.97 Å². The van der Waals surface area contributed by atoms with E-state index in [9.17, 15) is 0 Å². The van der Waals surface area contributed by atoms with Crippen LogP contribution in [0.5, 0.6) is 0 Å². The number of rotatable bonds is 2. The van der Waals surface area contributed by atoms with Gasteiger partial charge in [-0.25, -0.2) is 4.98 Å². The number of nitrogens with zero attached hydrogens (tertiary/aromatic N) is 3. The lowest BCUT2D eigenvalue weighted by Crippen LogP contribution is -2.23. The van der Waals surface area contributed by atoms with E-state index < -0.39 is 0 Å². The van der Waals surface area contributed by atoms with Crippen LogP contribution < -0.4 is 10.6 Å². The molecule has 2 N–H and O–H groups in total. The zero-order valence-electron chi connectivity index (χ0n) is 9.40. The Hall–Kier alpha value is -1.16. The molecule has 0 saturated carbocycles. The molecular formula is C11H18N4. The van der Waals surface area contributed by atoms with Gasteiger partial charge in [0.2, 0.25) is 0 Å². The summed E-state index contributed by atoms with van der Waals surface area (Å²) in [5, 5.41) is 0. The predicted molar refractivity (Wildman–Crippen MR) is 60.5 cm³/mol. The molecule has 0 atom stereocenters. The summed E-state index contributed by atoms with van der Waals surface area (Å²) < 4.78 is 0. The molecule has 1 aromatic heterocycles. The summed E-state index contributed by atoms with van der Waals surface area (Å²) in [7, 11) is 0. The molecule has 2 heterocycles. The lowest BCUT2D eigenvalue weighted by Gasteiger charge is -2.20. The Balaban J connectivity index is 2.11. The van der Waals surface area contributed by atoms with E-state index in [4.69, 9.17) is 5.73 Å². The topological polar surface area (TPSA) is 55.0 Å². The lowest BCUT2D eigenvalue weighted by atomic mass is 9.93. The molecule has 2 rings (SSSR count). The SMILES string of the molecule is CC1(C)CCN(c2cnc(CN)cn2)C1. The maximum absolute atomic E-state index is 5.48. The monoisotopic (exact) mass is 206 g/mol. The van der Waals surface area contributed by atoms with E-state index in [-0.39, 0.29) is 0 Å². The Labute approximate surface area is 90.5 Å². The van der Waals surface area contributed by atoms with Gasteiger partial charge in [0.15, 0.2) is 0 Å². The molecule has 0 aromatic carbocycles. The van der Waals surface area contributed by atoms with E-state index in [1.807, 2.05) is 6.20 Å². The first-order chi connectivity index (χ1) is 7.11. The first-order valence-corrected chi connectivity index (χ1v) is 5.37. The summed E-state index contributed by atoms with van der Waals surface area (Å²) in [5.41, 5.74) is 6.72. The average Bonchev–Trinajstić information content (AvgIpc) is 2.59. The summed E-state index contributed by atoms with van der Waals surface area (Å²) in [6.07, 6.45) is 4.80. The highest BCUT2D eigenvalue weighted by molar-refractivity contribution is 5.37. The zero-order chi connectivity index (χ0) is 10.9. The van der Waals surface area contributed by atoms with Gasteiger partial charge < -0.3 is 10.6 Å². The van der Waals surface area contributed by atoms with Crippen LogP contribution >= 0.6 is 0 Å². The van der Waals surface area contributed by atoms with Crippen molar-refractivity contribution in [2.75, 3.05) is 18.0 Å². The third-order valence-electron chi connectivity index (χ3n) is 2.90. The molecule has 1 aliphatic rings. The van der Waals surface area contributed by atoms with E-state index in [0.717, 1.165) is 24.6 Å². The smallest absolute Gasteiger partial charge is 0.147 e. The van der Waals surface area contributed by atoms with E-state index in [1.165, 1.54) is 6.42 Å². The van der Waals surface area contributed by atoms with Gasteiger partial charge in [0.1, 0.15) is 5.82 Å². The van der Waals surface area contributed by atoms with Crippen LogP contribution in [0.2, 0.25) is 0 Å². The summed E-state index contributed by atoms with van der Waals surface area (Å²) in [4.78, 5) is 10.9. The van der Waals surface area contributed by atoms with Crippen LogP contribution in [0.3, 0.4) is 0 Å². The van der Waals surface area contributed by atoms with Crippen LogP contribution in [0.1, 0.15) is 26.0 Å². The number of aromatic nitrogens is 2. The van der Waals surface area contributed by atoms with Gasteiger partial charge in [0, 0.05) is 19.6 Å². The van der Waals surface area contributed by atoms with Crippen molar-refractivity contribution < 1.29 is 0 Å². The maximum atomic E-state index is 5.48. The molecule has 1 saturated heterocycles. The first kappa shape index (κ1) is 10.4. The van der Waals surface area contributed by atoms with Crippen molar-refractivity contribution in [1.29, 1.82) is 0 Å². The van der Waals surface area contributed by atoms with E-state index in [2.05, 4.69) is 28.7 Å². The Bertz CT molecular complexity index is 331. The Kier molecular flexibility index (Phi) is 2.61. The molecule has 4 nitrogen and oxygen atoms in total. The Morgan fingerprint density at radius 2 is 2.20 bits per heavy atom. The van der Waals surface area contributed by atoms with Gasteiger partial charge >= 0.3 is 0 Å². The minimum Gasteiger partial charge on any atom is -0.355 e. The number of hydrogen-bond donors (Lipinski definition) is 1. The third kappa shape index (κ3) is 2.26. The van der Waals surface area contributed by atoms with Crippen LogP contribution in [0.25, 0.3) is 0 Å². The van der Waals surface area contributed by atoms with Crippen LogP contribution in [0.15, 0.2) is 12.4 Å². The summed E-state index contributed by atoms with van der Waals surface area (Å²) >= 11 is 0. The van der Waals surface area contributed by atoms with Crippen LogP contribution in [-0.4, -0.2) is 23.1 Å². The molecular weight excluding hydrogens is 188 g/mol. The summed E-state index contributed by atoms with van der Waals surface area (Å²) in [5.74, 6) is 0.970. The standard InChI is InChI=1S/C11H18N4/c1-11(2)3-4-15(8-11)10-7-13-9(5-12)6-14-10/h6-7H,3-5,8,12H2,1-2H3. The molecule has 0 spiro atoms. The summed E-state index contributed by atoms with van der Waals surface area (Å²) in [6, 6.07) is 0. The van der Waals surface area contributed by atoms with E-state index in [1.54, 1.807) is 6.20 Å². The van der Waals surface area contributed by atoms with Gasteiger partial charge in [0.05, 0.1) is 18.1 Å². The van der Waals surface area contributed by atoms with Crippen molar-refractivity contribution in [3.8, 4) is 0 Å². The molecule has 0 bridgehead atoms. The Morgan fingerprint density at radius 3 is 2.67 bits per heavy atom. The molecule has 4 heteroatoms. The minimum atomic E-state index is 0.397. The van der Waals surface area contributed by atoms with E-state index >= 15 is 0 Å². The van der Waals surface area contributed by atoms with Gasteiger partial charge in [-0.1, -0.05) is 13.8 Å². The van der Waals surface area contributed by atoms with Gasteiger partial charge in [-0.2, -0.15) is 0 Å². The predicted octanol–water partition coefficient (Wildman–Crippen LogP) is 1.17. The first-order valence-electron chi connectivity index (χ1n) is 5.37. The molecule has 1 fully saturated rings. The van der Waals surface area contributed by atoms with Crippen LogP contribution in [-0.2, 0) is 6.54 Å². The third-order valence-corrected chi connectivity index (χ3v) is 2.90. The average molecular weight is 206 g/mol. The van der Waals surface area contributed by atoms with Gasteiger partial charge in [-0.3, -0.25) is 4.98 Å². The lowest BCUT2D eigenvalue weighted by molar-refractivity contribution is 0.418. The van der Waals surface area contributed by atoms with E-state index in [0.29, 0.717) is 12.0 Å². The molecule has 0 unspecified atom stereocenters. The number of hydrogen-bond acceptors (Lipinski definition) is 4. The van der Waals surface area contributed by atoms with Crippen molar-refractivity contribution >= 4 is 5.82 Å². The van der Waals surface area contributed by atoms with Gasteiger partial charge in [-0.05, 0) is 11.8 Å². The second kappa shape index (κ2) is 3.77. The quantitative estimate of drug-likeness (QED) is 0.789. The van der Waals surface area contributed by atoms with Gasteiger partial charge in [0.25, 0.3) is 0 Å². The highest BCUT2D eigenvalue weighted by Crippen LogP contribution is 2.31. The molecule has 1 aliphatic heterocycles. The fourth-order valence-electron chi connectivity index (χ4n) is 1.92. The van der Waals surface area contributed by atoms with Crippen molar-refractivity contribution in [2.45, 2.75) is 26.8 Å². The van der Waals surface area contributed by atoms with Crippen LogP contribution in [0, 0.1) is 5.41 Å². The second-order valence-corrected chi connectivity index (χ2v) is 4.91. The molecule has 0 aliphatic carbocycles. The normalized spacial score (nSPS) is 19.5. The highest BCUT2D eigenvalue weighted by atomic mass is 15.2. The van der Waals surface area contributed by atoms with Gasteiger partial charge in [-0.15, -0.1) is 0 Å². The highest BCUT2D eigenvalue weighted by Gasteiger charge is 2.29. The van der Waals surface area contributed by atoms with Crippen molar-refractivity contribution in [3.63, 3.8) is 0 Å². The fraction of sp³-hybridized carbons (Fsp3) is 0.636. The molecule has 0 radical (unpaired) electrons. The molecule has 1 aromatic rings. The number of anilines is 1. The minimum absolute atomic E-state index is 0.397. The Morgan fingerprint density at radius 1 is 1.40 bits per heavy atom. The molecule has 15 heavy (non-hydrogen) atoms. The zero-order valence-corrected chi connectivity index (χ0v) is 9.40. The second-order valence-electron chi connectivity index (χ2n) is 4.91. The van der Waals surface area contributed by atoms with Crippen molar-refractivity contribution in [2.24, 2.45) is 11.1 Å². The van der Waals surface area contributed by atoms with Crippen LogP contribution in [0.4, 0.5) is 5.82 Å². The maximum Gasteiger partial charge on any atom is 0.147 e.